The maximum absolute atomic E-state index is 12.3. The summed E-state index contributed by atoms with van der Waals surface area (Å²) in [5.74, 6) is -0.423. The van der Waals surface area contributed by atoms with Crippen LogP contribution < -0.4 is 11.1 Å². The molecule has 2 amide bonds. The standard InChI is InChI=1S/C11H21N3O2/c1-4-11(2,3)10(16)14-6-5-13-7-8(14)9(12)15/h8,13H,4-7H2,1-3H3,(H2,12,15). The van der Waals surface area contributed by atoms with E-state index in [-0.39, 0.29) is 5.91 Å². The molecule has 0 spiro atoms. The molecular formula is C11H21N3O2. The van der Waals surface area contributed by atoms with Gasteiger partial charge in [-0.2, -0.15) is 0 Å². The van der Waals surface area contributed by atoms with E-state index in [4.69, 9.17) is 5.73 Å². The zero-order valence-electron chi connectivity index (χ0n) is 10.2. The maximum Gasteiger partial charge on any atom is 0.241 e. The van der Waals surface area contributed by atoms with Crippen LogP contribution in [0.25, 0.3) is 0 Å². The van der Waals surface area contributed by atoms with E-state index in [1.807, 2.05) is 20.8 Å². The van der Waals surface area contributed by atoms with E-state index in [1.165, 1.54) is 0 Å². The second kappa shape index (κ2) is 4.82. The average Bonchev–Trinajstić information content (AvgIpc) is 2.28. The second-order valence-electron chi connectivity index (χ2n) is 4.86. The smallest absolute Gasteiger partial charge is 0.241 e. The molecule has 0 saturated carbocycles. The Kier molecular flexibility index (Phi) is 3.91. The normalized spacial score (nSPS) is 21.9. The van der Waals surface area contributed by atoms with Gasteiger partial charge < -0.3 is 16.0 Å². The van der Waals surface area contributed by atoms with Crippen molar-refractivity contribution in [3.63, 3.8) is 0 Å². The summed E-state index contributed by atoms with van der Waals surface area (Å²) in [5, 5.41) is 3.08. The lowest BCUT2D eigenvalue weighted by Crippen LogP contribution is -2.60. The summed E-state index contributed by atoms with van der Waals surface area (Å²) >= 11 is 0. The summed E-state index contributed by atoms with van der Waals surface area (Å²) in [5.41, 5.74) is 4.88. The van der Waals surface area contributed by atoms with Crippen LogP contribution in [-0.4, -0.2) is 42.4 Å². The third-order valence-corrected chi connectivity index (χ3v) is 3.30. The molecule has 1 rings (SSSR count). The highest BCUT2D eigenvalue weighted by Crippen LogP contribution is 2.24. The molecule has 1 saturated heterocycles. The summed E-state index contributed by atoms with van der Waals surface area (Å²) in [7, 11) is 0. The predicted octanol–water partition coefficient (Wildman–Crippen LogP) is -0.292. The van der Waals surface area contributed by atoms with Gasteiger partial charge in [0.1, 0.15) is 6.04 Å². The number of hydrogen-bond donors (Lipinski definition) is 2. The zero-order valence-corrected chi connectivity index (χ0v) is 10.2. The Morgan fingerprint density at radius 3 is 2.62 bits per heavy atom. The summed E-state index contributed by atoms with van der Waals surface area (Å²) in [6.07, 6.45) is 0.751. The first-order chi connectivity index (χ1) is 7.40. The molecule has 0 radical (unpaired) electrons. The Bertz CT molecular complexity index is 289. The molecule has 16 heavy (non-hydrogen) atoms. The van der Waals surface area contributed by atoms with Crippen LogP contribution >= 0.6 is 0 Å². The SMILES string of the molecule is CCC(C)(C)C(=O)N1CCNCC1C(N)=O. The number of nitrogens with one attached hydrogen (secondary N) is 1. The van der Waals surface area contributed by atoms with Gasteiger partial charge in [-0.3, -0.25) is 9.59 Å². The number of primary amides is 1. The highest BCUT2D eigenvalue weighted by atomic mass is 16.2. The number of amides is 2. The predicted molar refractivity (Wildman–Crippen MR) is 61.6 cm³/mol. The average molecular weight is 227 g/mol. The first-order valence-electron chi connectivity index (χ1n) is 5.71. The van der Waals surface area contributed by atoms with Crippen molar-refractivity contribution in [2.45, 2.75) is 33.2 Å². The third kappa shape index (κ3) is 2.52. The van der Waals surface area contributed by atoms with Gasteiger partial charge in [0.2, 0.25) is 11.8 Å². The van der Waals surface area contributed by atoms with E-state index in [0.717, 1.165) is 13.0 Å². The third-order valence-electron chi connectivity index (χ3n) is 3.30. The van der Waals surface area contributed by atoms with Crippen LogP contribution in [0, 0.1) is 5.41 Å². The van der Waals surface area contributed by atoms with Gasteiger partial charge in [-0.25, -0.2) is 0 Å². The van der Waals surface area contributed by atoms with Gasteiger partial charge in [0, 0.05) is 25.0 Å². The number of piperazine rings is 1. The minimum absolute atomic E-state index is 0.0142. The first-order valence-corrected chi connectivity index (χ1v) is 5.71. The fourth-order valence-electron chi connectivity index (χ4n) is 1.74. The monoisotopic (exact) mass is 227 g/mol. The van der Waals surface area contributed by atoms with Crippen LogP contribution in [0.1, 0.15) is 27.2 Å². The molecule has 0 aliphatic carbocycles. The fraction of sp³-hybridized carbons (Fsp3) is 0.818. The molecule has 1 unspecified atom stereocenters. The first kappa shape index (κ1) is 13.0. The highest BCUT2D eigenvalue weighted by Gasteiger charge is 2.37. The summed E-state index contributed by atoms with van der Waals surface area (Å²) in [6, 6.07) is -0.507. The zero-order chi connectivity index (χ0) is 12.3. The van der Waals surface area contributed by atoms with Crippen molar-refractivity contribution in [1.29, 1.82) is 0 Å². The summed E-state index contributed by atoms with van der Waals surface area (Å²) < 4.78 is 0. The van der Waals surface area contributed by atoms with Gasteiger partial charge in [0.05, 0.1) is 0 Å². The number of rotatable bonds is 3. The van der Waals surface area contributed by atoms with E-state index in [9.17, 15) is 9.59 Å². The van der Waals surface area contributed by atoms with E-state index in [0.29, 0.717) is 13.1 Å². The molecule has 0 aromatic rings. The van der Waals surface area contributed by atoms with Gasteiger partial charge in [0.15, 0.2) is 0 Å². The van der Waals surface area contributed by atoms with Gasteiger partial charge in [-0.15, -0.1) is 0 Å². The van der Waals surface area contributed by atoms with Crippen LogP contribution in [0.5, 0.6) is 0 Å². The largest absolute Gasteiger partial charge is 0.368 e. The van der Waals surface area contributed by atoms with E-state index >= 15 is 0 Å². The van der Waals surface area contributed by atoms with Crippen molar-refractivity contribution in [3.8, 4) is 0 Å². The fourth-order valence-corrected chi connectivity index (χ4v) is 1.74. The summed E-state index contributed by atoms with van der Waals surface area (Å²) in [6.45, 7) is 7.50. The van der Waals surface area contributed by atoms with E-state index in [1.54, 1.807) is 4.90 Å². The number of hydrogen-bond acceptors (Lipinski definition) is 3. The van der Waals surface area contributed by atoms with Crippen molar-refractivity contribution in [1.82, 2.24) is 10.2 Å². The Balaban J connectivity index is 2.83. The lowest BCUT2D eigenvalue weighted by Gasteiger charge is -2.38. The van der Waals surface area contributed by atoms with Crippen LogP contribution in [0.3, 0.4) is 0 Å². The van der Waals surface area contributed by atoms with E-state index in [2.05, 4.69) is 5.32 Å². The Morgan fingerprint density at radius 2 is 2.12 bits per heavy atom. The van der Waals surface area contributed by atoms with Crippen LogP contribution in [0.4, 0.5) is 0 Å². The van der Waals surface area contributed by atoms with Crippen molar-refractivity contribution >= 4 is 11.8 Å². The van der Waals surface area contributed by atoms with Gasteiger partial charge in [0.25, 0.3) is 0 Å². The molecule has 5 heteroatoms. The van der Waals surface area contributed by atoms with Crippen LogP contribution in [0.2, 0.25) is 0 Å². The number of carbonyl (C=O) groups excluding carboxylic acids is 2. The van der Waals surface area contributed by atoms with Crippen LogP contribution in [0.15, 0.2) is 0 Å². The van der Waals surface area contributed by atoms with Crippen molar-refractivity contribution in [2.24, 2.45) is 11.1 Å². The molecular weight excluding hydrogens is 206 g/mol. The van der Waals surface area contributed by atoms with Crippen LogP contribution in [-0.2, 0) is 9.59 Å². The quantitative estimate of drug-likeness (QED) is 0.695. The Hall–Kier alpha value is -1.10. The lowest BCUT2D eigenvalue weighted by molar-refractivity contribution is -0.147. The molecule has 1 heterocycles. The molecule has 1 atom stereocenters. The number of nitrogens with zero attached hydrogens (tertiary/aromatic N) is 1. The Labute approximate surface area is 96.4 Å². The van der Waals surface area contributed by atoms with E-state index < -0.39 is 17.4 Å². The molecule has 0 bridgehead atoms. The number of carbonyl (C=O) groups is 2. The minimum Gasteiger partial charge on any atom is -0.368 e. The van der Waals surface area contributed by atoms with Crippen molar-refractivity contribution < 1.29 is 9.59 Å². The molecule has 3 N–H and O–H groups in total. The van der Waals surface area contributed by atoms with Crippen molar-refractivity contribution in [2.75, 3.05) is 19.6 Å². The molecule has 1 fully saturated rings. The minimum atomic E-state index is -0.507. The second-order valence-corrected chi connectivity index (χ2v) is 4.86. The topological polar surface area (TPSA) is 75.4 Å². The molecule has 92 valence electrons. The van der Waals surface area contributed by atoms with Gasteiger partial charge in [-0.1, -0.05) is 20.8 Å². The van der Waals surface area contributed by atoms with Gasteiger partial charge in [-0.05, 0) is 6.42 Å². The Morgan fingerprint density at radius 1 is 1.50 bits per heavy atom. The van der Waals surface area contributed by atoms with Gasteiger partial charge >= 0.3 is 0 Å². The highest BCUT2D eigenvalue weighted by molar-refractivity contribution is 5.89. The van der Waals surface area contributed by atoms with Crippen molar-refractivity contribution in [3.05, 3.63) is 0 Å². The molecule has 0 aromatic carbocycles. The maximum atomic E-state index is 12.3. The molecule has 0 aromatic heterocycles. The molecule has 1 aliphatic rings. The molecule has 5 nitrogen and oxygen atoms in total. The summed E-state index contributed by atoms with van der Waals surface area (Å²) in [4.78, 5) is 25.1. The molecule has 1 aliphatic heterocycles. The lowest BCUT2D eigenvalue weighted by atomic mass is 9.87. The number of nitrogens with two attached hydrogens (primary N) is 1.